The largest absolute Gasteiger partial charge is 0.481 e. The fourth-order valence-corrected chi connectivity index (χ4v) is 2.20. The van der Waals surface area contributed by atoms with E-state index in [0.717, 1.165) is 27.2 Å². The summed E-state index contributed by atoms with van der Waals surface area (Å²) in [7, 11) is 0. The van der Waals surface area contributed by atoms with Crippen LogP contribution in [-0.2, 0) is 11.2 Å². The maximum absolute atomic E-state index is 10.5. The lowest BCUT2D eigenvalue weighted by molar-refractivity contribution is -0.137. The molecule has 0 aliphatic carbocycles. The van der Waals surface area contributed by atoms with Crippen LogP contribution in [0.4, 0.5) is 0 Å². The molecule has 0 saturated carbocycles. The van der Waals surface area contributed by atoms with E-state index in [1.165, 1.54) is 0 Å². The van der Waals surface area contributed by atoms with Crippen molar-refractivity contribution in [1.82, 2.24) is 9.97 Å². The van der Waals surface area contributed by atoms with E-state index in [-0.39, 0.29) is 6.42 Å². The van der Waals surface area contributed by atoms with Gasteiger partial charge in [0, 0.05) is 28.6 Å². The minimum absolute atomic E-state index is 0.174. The van der Waals surface area contributed by atoms with Gasteiger partial charge in [-0.25, -0.2) is 4.98 Å². The van der Waals surface area contributed by atoms with E-state index in [2.05, 4.69) is 25.9 Å². The Bertz CT molecular complexity index is 576. The maximum Gasteiger partial charge on any atom is 0.303 e. The van der Waals surface area contributed by atoms with Crippen LogP contribution in [-0.4, -0.2) is 21.0 Å². The van der Waals surface area contributed by atoms with Gasteiger partial charge in [-0.05, 0) is 25.5 Å². The molecule has 4 nitrogen and oxygen atoms in total. The molecule has 0 unspecified atom stereocenters. The van der Waals surface area contributed by atoms with Gasteiger partial charge in [0.25, 0.3) is 0 Å². The van der Waals surface area contributed by atoms with Crippen molar-refractivity contribution in [2.75, 3.05) is 0 Å². The van der Waals surface area contributed by atoms with Gasteiger partial charge in [-0.3, -0.25) is 4.79 Å². The molecule has 1 heterocycles. The number of aryl methyl sites for hydroxylation is 2. The molecule has 2 aromatic rings. The highest BCUT2D eigenvalue weighted by atomic mass is 79.9. The Morgan fingerprint density at radius 1 is 1.37 bits per heavy atom. The second kappa shape index (κ2) is 6.02. The normalized spacial score (nSPS) is 10.6. The first-order chi connectivity index (χ1) is 9.06. The topological polar surface area (TPSA) is 66.0 Å². The number of nitrogens with one attached hydrogen (secondary N) is 1. The van der Waals surface area contributed by atoms with Gasteiger partial charge in [0.15, 0.2) is 0 Å². The third kappa shape index (κ3) is 3.67. The van der Waals surface area contributed by atoms with Gasteiger partial charge in [0.05, 0.1) is 5.69 Å². The van der Waals surface area contributed by atoms with Gasteiger partial charge in [-0.1, -0.05) is 28.1 Å². The number of carbonyl (C=O) groups is 1. The van der Waals surface area contributed by atoms with Crippen molar-refractivity contribution in [2.45, 2.75) is 26.2 Å². The summed E-state index contributed by atoms with van der Waals surface area (Å²) < 4.78 is 1.03. The van der Waals surface area contributed by atoms with Crippen molar-refractivity contribution in [3.63, 3.8) is 0 Å². The van der Waals surface area contributed by atoms with Crippen LogP contribution in [0.1, 0.15) is 24.4 Å². The van der Waals surface area contributed by atoms with Gasteiger partial charge in [0.2, 0.25) is 0 Å². The molecule has 1 aromatic heterocycles. The molecule has 0 atom stereocenters. The zero-order chi connectivity index (χ0) is 13.8. The summed E-state index contributed by atoms with van der Waals surface area (Å²) in [5, 5.41) is 8.62. The molecule has 19 heavy (non-hydrogen) atoms. The molecule has 0 aliphatic rings. The minimum atomic E-state index is -0.767. The quantitative estimate of drug-likeness (QED) is 0.884. The van der Waals surface area contributed by atoms with Crippen LogP contribution < -0.4 is 0 Å². The molecule has 0 fully saturated rings. The zero-order valence-corrected chi connectivity index (χ0v) is 12.2. The molecule has 0 bridgehead atoms. The molecule has 0 aliphatic heterocycles. The summed E-state index contributed by atoms with van der Waals surface area (Å²) in [6, 6.07) is 7.98. The van der Waals surface area contributed by atoms with Gasteiger partial charge in [-0.15, -0.1) is 0 Å². The number of imidazole rings is 1. The zero-order valence-electron chi connectivity index (χ0n) is 10.6. The third-order valence-electron chi connectivity index (χ3n) is 2.86. The lowest BCUT2D eigenvalue weighted by Gasteiger charge is -1.98. The highest BCUT2D eigenvalue weighted by Gasteiger charge is 2.09. The van der Waals surface area contributed by atoms with E-state index in [1.807, 2.05) is 31.2 Å². The molecule has 2 N–H and O–H groups in total. The van der Waals surface area contributed by atoms with Crippen LogP contribution in [0.3, 0.4) is 0 Å². The minimum Gasteiger partial charge on any atom is -0.481 e. The summed E-state index contributed by atoms with van der Waals surface area (Å²) in [5.74, 6) is 0.0769. The Hall–Kier alpha value is -1.62. The molecule has 0 spiro atoms. The van der Waals surface area contributed by atoms with E-state index >= 15 is 0 Å². The number of hydrogen-bond donors (Lipinski definition) is 2. The predicted octanol–water partition coefficient (Wildman–Crippen LogP) is 3.55. The number of aliphatic carboxylic acids is 1. The van der Waals surface area contributed by atoms with Gasteiger partial charge in [0.1, 0.15) is 5.82 Å². The molecule has 0 amide bonds. The first kappa shape index (κ1) is 13.8. The SMILES string of the molecule is Cc1[nH]c(CCCC(=O)O)nc1-c1ccc(Br)cc1. The van der Waals surface area contributed by atoms with Gasteiger partial charge in [-0.2, -0.15) is 0 Å². The van der Waals surface area contributed by atoms with Crippen LogP contribution >= 0.6 is 15.9 Å². The highest BCUT2D eigenvalue weighted by Crippen LogP contribution is 2.23. The lowest BCUT2D eigenvalue weighted by Crippen LogP contribution is -1.96. The summed E-state index contributed by atoms with van der Waals surface area (Å²) >= 11 is 3.41. The summed E-state index contributed by atoms with van der Waals surface area (Å²) in [6.45, 7) is 1.98. The average molecular weight is 323 g/mol. The fraction of sp³-hybridized carbons (Fsp3) is 0.286. The maximum atomic E-state index is 10.5. The molecule has 1 aromatic carbocycles. The second-order valence-electron chi connectivity index (χ2n) is 4.41. The van der Waals surface area contributed by atoms with E-state index in [9.17, 15) is 4.79 Å². The van der Waals surface area contributed by atoms with Crippen molar-refractivity contribution in [3.8, 4) is 11.3 Å². The van der Waals surface area contributed by atoms with E-state index in [1.54, 1.807) is 0 Å². The average Bonchev–Trinajstić information content (AvgIpc) is 2.71. The van der Waals surface area contributed by atoms with Gasteiger partial charge < -0.3 is 10.1 Å². The van der Waals surface area contributed by atoms with Crippen LogP contribution in [0.5, 0.6) is 0 Å². The second-order valence-corrected chi connectivity index (χ2v) is 5.33. The third-order valence-corrected chi connectivity index (χ3v) is 3.38. The summed E-state index contributed by atoms with van der Waals surface area (Å²) in [5.41, 5.74) is 2.99. The highest BCUT2D eigenvalue weighted by molar-refractivity contribution is 9.10. The summed E-state index contributed by atoms with van der Waals surface area (Å²) in [6.07, 6.45) is 1.43. The van der Waals surface area contributed by atoms with E-state index in [0.29, 0.717) is 12.8 Å². The van der Waals surface area contributed by atoms with Crippen molar-refractivity contribution in [1.29, 1.82) is 0 Å². The Labute approximate surface area is 120 Å². The van der Waals surface area contributed by atoms with Gasteiger partial charge >= 0.3 is 5.97 Å². The molecule has 5 heteroatoms. The molecule has 0 saturated heterocycles. The predicted molar refractivity (Wildman–Crippen MR) is 77.0 cm³/mol. The number of halogens is 1. The van der Waals surface area contributed by atoms with Crippen molar-refractivity contribution in [3.05, 3.63) is 40.3 Å². The van der Waals surface area contributed by atoms with E-state index < -0.39 is 5.97 Å². The van der Waals surface area contributed by atoms with Crippen molar-refractivity contribution in [2.24, 2.45) is 0 Å². The first-order valence-electron chi connectivity index (χ1n) is 6.09. The monoisotopic (exact) mass is 322 g/mol. The van der Waals surface area contributed by atoms with E-state index in [4.69, 9.17) is 5.11 Å². The Morgan fingerprint density at radius 2 is 2.05 bits per heavy atom. The number of carboxylic acid groups (broad SMARTS) is 1. The Balaban J connectivity index is 2.12. The van der Waals surface area contributed by atoms with Crippen LogP contribution in [0.25, 0.3) is 11.3 Å². The smallest absolute Gasteiger partial charge is 0.303 e. The number of rotatable bonds is 5. The fourth-order valence-electron chi connectivity index (χ4n) is 1.94. The lowest BCUT2D eigenvalue weighted by atomic mass is 10.1. The van der Waals surface area contributed by atoms with Crippen LogP contribution in [0, 0.1) is 6.92 Å². The molecule has 0 radical (unpaired) electrons. The molecule has 2 rings (SSSR count). The number of H-pyrrole nitrogens is 1. The molecular weight excluding hydrogens is 308 g/mol. The van der Waals surface area contributed by atoms with Crippen molar-refractivity contribution < 1.29 is 9.90 Å². The first-order valence-corrected chi connectivity index (χ1v) is 6.89. The number of aromatic nitrogens is 2. The Kier molecular flexibility index (Phi) is 4.37. The molecule has 100 valence electrons. The number of benzene rings is 1. The number of nitrogens with zero attached hydrogens (tertiary/aromatic N) is 1. The summed E-state index contributed by atoms with van der Waals surface area (Å²) in [4.78, 5) is 18.2. The van der Waals surface area contributed by atoms with Crippen molar-refractivity contribution >= 4 is 21.9 Å². The van der Waals surface area contributed by atoms with Crippen LogP contribution in [0.2, 0.25) is 0 Å². The number of carboxylic acids is 1. The Morgan fingerprint density at radius 3 is 2.68 bits per heavy atom. The standard InChI is InChI=1S/C14H15BrN2O2/c1-9-14(10-5-7-11(15)8-6-10)17-12(16-9)3-2-4-13(18)19/h5-8H,2-4H2,1H3,(H,16,17)(H,18,19). The number of hydrogen-bond acceptors (Lipinski definition) is 2. The van der Waals surface area contributed by atoms with Crippen LogP contribution in [0.15, 0.2) is 28.7 Å². The number of aromatic amines is 1. The molecular formula is C14H15BrN2O2.